The zero-order valence-corrected chi connectivity index (χ0v) is 19.2. The van der Waals surface area contributed by atoms with Crippen molar-refractivity contribution in [2.75, 3.05) is 0 Å². The van der Waals surface area contributed by atoms with Gasteiger partial charge in [-0.2, -0.15) is 8.78 Å². The van der Waals surface area contributed by atoms with Crippen molar-refractivity contribution in [1.82, 2.24) is 0 Å². The predicted molar refractivity (Wildman–Crippen MR) is 122 cm³/mol. The van der Waals surface area contributed by atoms with Gasteiger partial charge in [0.1, 0.15) is 5.82 Å². The molecular formula is C28H18F8O. The van der Waals surface area contributed by atoms with Gasteiger partial charge >= 0.3 is 6.11 Å². The van der Waals surface area contributed by atoms with Gasteiger partial charge in [0.25, 0.3) is 0 Å². The van der Waals surface area contributed by atoms with Crippen LogP contribution in [0.5, 0.6) is 5.75 Å². The van der Waals surface area contributed by atoms with E-state index in [4.69, 9.17) is 0 Å². The summed E-state index contributed by atoms with van der Waals surface area (Å²) in [4.78, 5) is 0. The van der Waals surface area contributed by atoms with E-state index in [1.165, 1.54) is 12.1 Å². The molecular weight excluding hydrogens is 504 g/mol. The number of hydrogen-bond donors (Lipinski definition) is 0. The van der Waals surface area contributed by atoms with Gasteiger partial charge in [0.05, 0.1) is 5.56 Å². The molecule has 9 heteroatoms. The fraction of sp³-hybridized carbons (Fsp3) is 0.143. The first-order valence-corrected chi connectivity index (χ1v) is 11.1. The average molecular weight is 522 g/mol. The summed E-state index contributed by atoms with van der Waals surface area (Å²) < 4.78 is 117. The molecule has 0 aromatic heterocycles. The van der Waals surface area contributed by atoms with Crippen LogP contribution >= 0.6 is 0 Å². The Hall–Kier alpha value is -3.88. The molecule has 0 aliphatic carbocycles. The topological polar surface area (TPSA) is 9.23 Å². The molecule has 0 aliphatic heterocycles. The molecule has 4 rings (SSSR count). The van der Waals surface area contributed by atoms with Crippen molar-refractivity contribution >= 4 is 0 Å². The molecule has 0 radical (unpaired) electrons. The summed E-state index contributed by atoms with van der Waals surface area (Å²) in [5.74, 6) is -11.5. The monoisotopic (exact) mass is 522 g/mol. The Morgan fingerprint density at radius 1 is 0.622 bits per heavy atom. The maximum absolute atomic E-state index is 14.9. The van der Waals surface area contributed by atoms with Crippen LogP contribution in [0.1, 0.15) is 24.5 Å². The van der Waals surface area contributed by atoms with Crippen LogP contribution in [0, 0.1) is 34.9 Å². The van der Waals surface area contributed by atoms with Gasteiger partial charge in [-0.3, -0.25) is 0 Å². The third-order valence-electron chi connectivity index (χ3n) is 5.65. The summed E-state index contributed by atoms with van der Waals surface area (Å²) >= 11 is 0. The Bertz CT molecular complexity index is 1400. The molecule has 0 saturated heterocycles. The standard InChI is InChI=1S/C28H18F8O/c1-2-3-15-4-6-16(7-5-15)17-8-9-20(21(29)10-17)18-11-24(32)27(25(33)12-18)37-28(35,36)19-13-22(30)26(34)23(31)14-19/h4-14H,2-3H2,1H3. The lowest BCUT2D eigenvalue weighted by Gasteiger charge is -2.20. The van der Waals surface area contributed by atoms with Crippen LogP contribution in [-0.2, 0) is 12.5 Å². The Labute approximate surface area is 207 Å². The first-order valence-electron chi connectivity index (χ1n) is 11.1. The number of halogens is 8. The predicted octanol–water partition coefficient (Wildman–Crippen LogP) is 8.94. The maximum Gasteiger partial charge on any atom is 0.427 e. The van der Waals surface area contributed by atoms with E-state index in [1.807, 2.05) is 31.2 Å². The molecule has 37 heavy (non-hydrogen) atoms. The van der Waals surface area contributed by atoms with Gasteiger partial charge in [-0.25, -0.2) is 26.3 Å². The summed E-state index contributed by atoms with van der Waals surface area (Å²) in [6, 6.07) is 12.5. The Morgan fingerprint density at radius 2 is 1.16 bits per heavy atom. The van der Waals surface area contributed by atoms with Gasteiger partial charge in [0, 0.05) is 5.56 Å². The summed E-state index contributed by atoms with van der Waals surface area (Å²) in [7, 11) is 0. The second-order valence-electron chi connectivity index (χ2n) is 8.28. The molecule has 0 atom stereocenters. The van der Waals surface area contributed by atoms with E-state index < -0.39 is 52.3 Å². The minimum absolute atomic E-state index is 0.0587. The van der Waals surface area contributed by atoms with Crippen LogP contribution in [-0.4, -0.2) is 0 Å². The normalized spacial score (nSPS) is 11.6. The van der Waals surface area contributed by atoms with Crippen LogP contribution in [0.3, 0.4) is 0 Å². The molecule has 0 unspecified atom stereocenters. The summed E-state index contributed by atoms with van der Waals surface area (Å²) in [5, 5.41) is 0. The second-order valence-corrected chi connectivity index (χ2v) is 8.28. The first kappa shape index (κ1) is 26.2. The molecule has 0 N–H and O–H groups in total. The van der Waals surface area contributed by atoms with E-state index >= 15 is 0 Å². The molecule has 0 amide bonds. The molecule has 0 spiro atoms. The highest BCUT2D eigenvalue weighted by Gasteiger charge is 2.38. The smallest absolute Gasteiger partial charge is 0.423 e. The third kappa shape index (κ3) is 5.45. The molecule has 0 saturated carbocycles. The van der Waals surface area contributed by atoms with Gasteiger partial charge in [-0.15, -0.1) is 0 Å². The molecule has 192 valence electrons. The summed E-state index contributed by atoms with van der Waals surface area (Å²) in [5.41, 5.74) is 0.357. The van der Waals surface area contributed by atoms with Gasteiger partial charge < -0.3 is 4.74 Å². The number of rotatable bonds is 7. The minimum Gasteiger partial charge on any atom is -0.423 e. The average Bonchev–Trinajstić information content (AvgIpc) is 2.85. The van der Waals surface area contributed by atoms with E-state index in [0.29, 0.717) is 17.7 Å². The summed E-state index contributed by atoms with van der Waals surface area (Å²) in [6.07, 6.45) is -2.76. The number of hydrogen-bond acceptors (Lipinski definition) is 1. The van der Waals surface area contributed by atoms with Crippen molar-refractivity contribution in [3.8, 4) is 28.0 Å². The molecule has 0 fully saturated rings. The molecule has 0 bridgehead atoms. The van der Waals surface area contributed by atoms with Crippen molar-refractivity contribution in [1.29, 1.82) is 0 Å². The lowest BCUT2D eigenvalue weighted by molar-refractivity contribution is -0.188. The summed E-state index contributed by atoms with van der Waals surface area (Å²) in [6.45, 7) is 2.05. The third-order valence-corrected chi connectivity index (χ3v) is 5.65. The fourth-order valence-corrected chi connectivity index (χ4v) is 3.80. The van der Waals surface area contributed by atoms with E-state index in [9.17, 15) is 35.1 Å². The SMILES string of the molecule is CCCc1ccc(-c2ccc(-c3cc(F)c(OC(F)(F)c4cc(F)c(F)c(F)c4)c(F)c3)c(F)c2)cc1. The number of ether oxygens (including phenoxy) is 1. The Kier molecular flexibility index (Phi) is 7.25. The molecule has 4 aromatic carbocycles. The Balaban J connectivity index is 1.62. The zero-order chi connectivity index (χ0) is 26.9. The van der Waals surface area contributed by atoms with E-state index in [1.54, 1.807) is 6.07 Å². The maximum atomic E-state index is 14.9. The highest BCUT2D eigenvalue weighted by molar-refractivity contribution is 5.71. The molecule has 0 heterocycles. The second kappa shape index (κ2) is 10.2. The van der Waals surface area contributed by atoms with Gasteiger partial charge in [-0.1, -0.05) is 49.7 Å². The van der Waals surface area contributed by atoms with E-state index in [-0.39, 0.29) is 23.3 Å². The van der Waals surface area contributed by atoms with Crippen molar-refractivity contribution in [3.05, 3.63) is 113 Å². The first-order chi connectivity index (χ1) is 17.5. The molecule has 4 aromatic rings. The number of alkyl halides is 2. The number of benzene rings is 4. The lowest BCUT2D eigenvalue weighted by Crippen LogP contribution is -2.24. The minimum atomic E-state index is -4.63. The lowest BCUT2D eigenvalue weighted by atomic mass is 9.98. The van der Waals surface area contributed by atoms with Crippen LogP contribution < -0.4 is 4.74 Å². The highest BCUT2D eigenvalue weighted by Crippen LogP contribution is 2.38. The van der Waals surface area contributed by atoms with Gasteiger partial charge in [-0.05, 0) is 59.0 Å². The van der Waals surface area contributed by atoms with Crippen molar-refractivity contribution in [3.63, 3.8) is 0 Å². The van der Waals surface area contributed by atoms with Crippen molar-refractivity contribution in [2.45, 2.75) is 25.9 Å². The highest BCUT2D eigenvalue weighted by atomic mass is 19.3. The van der Waals surface area contributed by atoms with Crippen LogP contribution in [0.4, 0.5) is 35.1 Å². The van der Waals surface area contributed by atoms with Crippen molar-refractivity contribution < 1.29 is 39.9 Å². The number of aryl methyl sites for hydroxylation is 1. The fourth-order valence-electron chi connectivity index (χ4n) is 3.80. The largest absolute Gasteiger partial charge is 0.427 e. The van der Waals surface area contributed by atoms with Crippen LogP contribution in [0.2, 0.25) is 0 Å². The molecule has 1 nitrogen and oxygen atoms in total. The molecule has 0 aliphatic rings. The quantitative estimate of drug-likeness (QED) is 0.174. The zero-order valence-electron chi connectivity index (χ0n) is 19.2. The van der Waals surface area contributed by atoms with Crippen molar-refractivity contribution in [2.24, 2.45) is 0 Å². The Morgan fingerprint density at radius 3 is 1.70 bits per heavy atom. The van der Waals surface area contributed by atoms with E-state index in [0.717, 1.165) is 24.0 Å². The van der Waals surface area contributed by atoms with Gasteiger partial charge in [0.2, 0.25) is 0 Å². The van der Waals surface area contributed by atoms with Crippen LogP contribution in [0.25, 0.3) is 22.3 Å². The van der Waals surface area contributed by atoms with E-state index in [2.05, 4.69) is 4.74 Å². The van der Waals surface area contributed by atoms with Gasteiger partial charge in [0.15, 0.2) is 34.8 Å². The van der Waals surface area contributed by atoms with Crippen LogP contribution in [0.15, 0.2) is 66.7 Å².